The van der Waals surface area contributed by atoms with Gasteiger partial charge in [-0.2, -0.15) is 0 Å². The van der Waals surface area contributed by atoms with Gasteiger partial charge >= 0.3 is 0 Å². The van der Waals surface area contributed by atoms with Crippen molar-refractivity contribution in [3.05, 3.63) is 59.1 Å². The monoisotopic (exact) mass is 446 g/mol. The molecule has 29 heavy (non-hydrogen) atoms. The van der Waals surface area contributed by atoms with Gasteiger partial charge in [-0.05, 0) is 42.2 Å². The van der Waals surface area contributed by atoms with E-state index in [2.05, 4.69) is 10.3 Å². The van der Waals surface area contributed by atoms with Crippen LogP contribution in [0.5, 0.6) is 11.5 Å². The van der Waals surface area contributed by atoms with Crippen LogP contribution in [0.2, 0.25) is 0 Å². The highest BCUT2D eigenvalue weighted by atomic mass is 32.2. The molecule has 0 fully saturated rings. The number of thioether (sulfide) groups is 2. The fraction of sp³-hybridized carbons (Fsp3) is 0.238. The molecule has 0 atom stereocenters. The summed E-state index contributed by atoms with van der Waals surface area (Å²) in [6.07, 6.45) is 2.27. The predicted molar refractivity (Wildman–Crippen MR) is 122 cm³/mol. The van der Waals surface area contributed by atoms with Crippen molar-refractivity contribution >= 4 is 46.5 Å². The second-order valence-electron chi connectivity index (χ2n) is 6.07. The molecule has 0 aliphatic rings. The fourth-order valence-electron chi connectivity index (χ4n) is 2.60. The maximum Gasteiger partial charge on any atom is 0.230 e. The number of methoxy groups -OCH3 is 2. The third kappa shape index (κ3) is 6.42. The van der Waals surface area contributed by atoms with Gasteiger partial charge in [-0.3, -0.25) is 4.79 Å². The molecule has 1 amide bonds. The Balaban J connectivity index is 1.56. The van der Waals surface area contributed by atoms with Gasteiger partial charge in [0.05, 0.1) is 26.3 Å². The molecule has 0 radical (unpaired) electrons. The zero-order valence-electron chi connectivity index (χ0n) is 16.4. The molecule has 2 aromatic carbocycles. The van der Waals surface area contributed by atoms with Crippen LogP contribution in [0.15, 0.2) is 57.1 Å². The Bertz CT molecular complexity index is 953. The average Bonchev–Trinajstić information content (AvgIpc) is 3.19. The fourth-order valence-corrected chi connectivity index (χ4v) is 4.84. The summed E-state index contributed by atoms with van der Waals surface area (Å²) in [6, 6.07) is 13.6. The van der Waals surface area contributed by atoms with E-state index in [1.165, 1.54) is 0 Å². The molecule has 0 aliphatic heterocycles. The van der Waals surface area contributed by atoms with Gasteiger partial charge in [0.15, 0.2) is 0 Å². The molecule has 3 rings (SSSR count). The van der Waals surface area contributed by atoms with Gasteiger partial charge < -0.3 is 14.8 Å². The summed E-state index contributed by atoms with van der Waals surface area (Å²) in [5, 5.41) is 4.87. The highest BCUT2D eigenvalue weighted by molar-refractivity contribution is 8.00. The summed E-state index contributed by atoms with van der Waals surface area (Å²) in [4.78, 5) is 18.0. The van der Waals surface area contributed by atoms with E-state index in [9.17, 15) is 4.79 Å². The minimum atomic E-state index is -0.0670. The van der Waals surface area contributed by atoms with Crippen LogP contribution in [0, 0.1) is 0 Å². The van der Waals surface area contributed by atoms with Crippen molar-refractivity contribution in [1.82, 2.24) is 4.98 Å². The number of carbonyl (C=O) groups excluding carboxylic acids is 1. The zero-order chi connectivity index (χ0) is 20.6. The minimum Gasteiger partial charge on any atom is -0.497 e. The van der Waals surface area contributed by atoms with Crippen LogP contribution in [0.4, 0.5) is 5.69 Å². The van der Waals surface area contributed by atoms with Crippen molar-refractivity contribution < 1.29 is 14.3 Å². The largest absolute Gasteiger partial charge is 0.497 e. The molecule has 0 aliphatic carbocycles. The molecule has 5 nitrogen and oxygen atoms in total. The summed E-state index contributed by atoms with van der Waals surface area (Å²) in [7, 11) is 3.28. The Hall–Kier alpha value is -2.16. The van der Waals surface area contributed by atoms with Crippen molar-refractivity contribution in [2.24, 2.45) is 0 Å². The first-order valence-corrected chi connectivity index (χ1v) is 11.9. The Morgan fingerprint density at radius 3 is 2.59 bits per heavy atom. The molecule has 0 spiro atoms. The van der Waals surface area contributed by atoms with E-state index in [0.29, 0.717) is 0 Å². The van der Waals surface area contributed by atoms with Gasteiger partial charge in [0.1, 0.15) is 15.8 Å². The molecule has 3 aromatic rings. The lowest BCUT2D eigenvalue weighted by atomic mass is 10.2. The van der Waals surface area contributed by atoms with Gasteiger partial charge in [-0.1, -0.05) is 17.8 Å². The first-order chi connectivity index (χ1) is 14.1. The number of nitrogens with zero attached hydrogens (tertiary/aromatic N) is 1. The van der Waals surface area contributed by atoms with Crippen LogP contribution in [-0.2, 0) is 17.0 Å². The van der Waals surface area contributed by atoms with E-state index < -0.39 is 0 Å². The first-order valence-electron chi connectivity index (χ1n) is 8.82. The van der Waals surface area contributed by atoms with Gasteiger partial charge in [-0.15, -0.1) is 23.1 Å². The number of carbonyl (C=O) groups is 1. The molecule has 1 heterocycles. The van der Waals surface area contributed by atoms with Crippen LogP contribution in [-0.4, -0.2) is 31.4 Å². The van der Waals surface area contributed by atoms with Gasteiger partial charge in [0.25, 0.3) is 0 Å². The van der Waals surface area contributed by atoms with Crippen LogP contribution in [0.3, 0.4) is 0 Å². The number of hydrogen-bond acceptors (Lipinski definition) is 7. The summed E-state index contributed by atoms with van der Waals surface area (Å²) >= 11 is 4.82. The van der Waals surface area contributed by atoms with Crippen molar-refractivity contribution in [2.75, 3.05) is 25.8 Å². The number of nitrogens with one attached hydrogen (secondary N) is 1. The molecular formula is C21H22N2O3S3. The average molecular weight is 447 g/mol. The number of ether oxygens (including phenoxy) is 2. The maximum atomic E-state index is 12.3. The quantitative estimate of drug-likeness (QED) is 0.447. The SMILES string of the molecule is COc1cc(CSc2nc(CC(=O)Nc3cccc(SC)c3)cs2)cc(OC)c1. The van der Waals surface area contributed by atoms with Crippen molar-refractivity contribution in [1.29, 1.82) is 0 Å². The Kier molecular flexibility index (Phi) is 7.85. The molecular weight excluding hydrogens is 424 g/mol. The van der Waals surface area contributed by atoms with Crippen LogP contribution >= 0.6 is 34.9 Å². The Labute approximate surface area is 183 Å². The van der Waals surface area contributed by atoms with Gasteiger partial charge in [-0.25, -0.2) is 4.98 Å². The van der Waals surface area contributed by atoms with Crippen molar-refractivity contribution in [3.63, 3.8) is 0 Å². The van der Waals surface area contributed by atoms with Gasteiger partial charge in [0, 0.05) is 27.8 Å². The highest BCUT2D eigenvalue weighted by Crippen LogP contribution is 2.30. The summed E-state index contributed by atoms with van der Waals surface area (Å²) in [5.41, 5.74) is 2.67. The number of aromatic nitrogens is 1. The second kappa shape index (κ2) is 10.6. The van der Waals surface area contributed by atoms with E-state index >= 15 is 0 Å². The van der Waals surface area contributed by atoms with Crippen molar-refractivity contribution in [2.45, 2.75) is 21.4 Å². The molecule has 1 N–H and O–H groups in total. The molecule has 8 heteroatoms. The third-order valence-corrected chi connectivity index (χ3v) is 6.87. The lowest BCUT2D eigenvalue weighted by molar-refractivity contribution is -0.115. The summed E-state index contributed by atoms with van der Waals surface area (Å²) in [6.45, 7) is 0. The van der Waals surface area contributed by atoms with E-state index in [0.717, 1.165) is 43.4 Å². The lowest BCUT2D eigenvalue weighted by Gasteiger charge is -2.07. The van der Waals surface area contributed by atoms with Crippen LogP contribution in [0.25, 0.3) is 0 Å². The smallest absolute Gasteiger partial charge is 0.230 e. The number of anilines is 1. The molecule has 0 saturated carbocycles. The second-order valence-corrected chi connectivity index (χ2v) is 9.03. The van der Waals surface area contributed by atoms with E-state index in [1.807, 2.05) is 54.1 Å². The normalized spacial score (nSPS) is 10.6. The number of rotatable bonds is 9. The topological polar surface area (TPSA) is 60.5 Å². The number of benzene rings is 2. The molecule has 0 unspecified atom stereocenters. The Morgan fingerprint density at radius 2 is 1.90 bits per heavy atom. The Morgan fingerprint density at radius 1 is 1.14 bits per heavy atom. The number of hydrogen-bond donors (Lipinski definition) is 1. The van der Waals surface area contributed by atoms with E-state index in [-0.39, 0.29) is 12.3 Å². The standard InChI is InChI=1S/C21H22N2O3S3/c1-25-17-7-14(8-18(11-17)26-2)12-28-21-23-16(13-29-21)10-20(24)22-15-5-4-6-19(9-15)27-3/h4-9,11,13H,10,12H2,1-3H3,(H,22,24). The lowest BCUT2D eigenvalue weighted by Crippen LogP contribution is -2.14. The van der Waals surface area contributed by atoms with Crippen LogP contribution < -0.4 is 14.8 Å². The third-order valence-electron chi connectivity index (χ3n) is 4.00. The van der Waals surface area contributed by atoms with E-state index in [1.54, 1.807) is 49.1 Å². The molecule has 0 saturated heterocycles. The number of amides is 1. The molecule has 0 bridgehead atoms. The zero-order valence-corrected chi connectivity index (χ0v) is 18.9. The summed E-state index contributed by atoms with van der Waals surface area (Å²) in [5.74, 6) is 2.21. The molecule has 152 valence electrons. The highest BCUT2D eigenvalue weighted by Gasteiger charge is 2.10. The minimum absolute atomic E-state index is 0.0670. The van der Waals surface area contributed by atoms with Crippen molar-refractivity contribution in [3.8, 4) is 11.5 Å². The number of thiazole rings is 1. The van der Waals surface area contributed by atoms with E-state index in [4.69, 9.17) is 9.47 Å². The summed E-state index contributed by atoms with van der Waals surface area (Å²) < 4.78 is 11.6. The van der Waals surface area contributed by atoms with Gasteiger partial charge in [0.2, 0.25) is 5.91 Å². The maximum absolute atomic E-state index is 12.3. The molecule has 1 aromatic heterocycles. The predicted octanol–water partition coefficient (Wildman–Crippen LogP) is 5.36. The first kappa shape index (κ1) is 21.5. The van der Waals surface area contributed by atoms with Crippen LogP contribution in [0.1, 0.15) is 11.3 Å².